The molecular weight excluding hydrogens is 452 g/mol. The molecule has 0 saturated carbocycles. The summed E-state index contributed by atoms with van der Waals surface area (Å²) in [5, 5.41) is 12.9. The molecule has 0 heterocycles. The van der Waals surface area contributed by atoms with Crippen LogP contribution in [0.4, 0.5) is 0 Å². The summed E-state index contributed by atoms with van der Waals surface area (Å²) >= 11 is 5.50. The number of carbonyl (C=O) groups is 2. The zero-order valence-corrected chi connectivity index (χ0v) is 20.3. The zero-order valence-electron chi connectivity index (χ0n) is 19.5. The summed E-state index contributed by atoms with van der Waals surface area (Å²) in [4.78, 5) is 22.0. The average Bonchev–Trinajstić information content (AvgIpc) is 2.86. The lowest BCUT2D eigenvalue weighted by Gasteiger charge is -2.08. The Morgan fingerprint density at radius 1 is 0.676 bits per heavy atom. The second-order valence-corrected chi connectivity index (χ2v) is 8.40. The number of halogens is 1. The third-order valence-electron chi connectivity index (χ3n) is 5.85. The van der Waals surface area contributed by atoms with Crippen LogP contribution in [0.15, 0.2) is 72.8 Å². The first kappa shape index (κ1) is 25.1. The molecule has 0 amide bonds. The molecule has 0 saturated heterocycles. The van der Waals surface area contributed by atoms with Gasteiger partial charge in [0.25, 0.3) is 0 Å². The first-order valence-electron chi connectivity index (χ1n) is 10.8. The van der Waals surface area contributed by atoms with E-state index in [1.54, 1.807) is 28.1 Å². The number of benzene rings is 4. The highest BCUT2D eigenvalue weighted by Crippen LogP contribution is 2.27. The second kappa shape index (κ2) is 11.0. The van der Waals surface area contributed by atoms with Crippen LogP contribution in [0.5, 0.6) is 11.5 Å². The molecule has 2 atom stereocenters. The third kappa shape index (κ3) is 5.86. The van der Waals surface area contributed by atoms with Gasteiger partial charge in [-0.3, -0.25) is 9.59 Å². The van der Waals surface area contributed by atoms with Gasteiger partial charge in [-0.1, -0.05) is 55.5 Å². The lowest BCUT2D eigenvalue weighted by molar-refractivity contribution is -0.138. The van der Waals surface area contributed by atoms with Crippen LogP contribution in [-0.2, 0) is 9.59 Å². The summed E-state index contributed by atoms with van der Waals surface area (Å²) in [5.74, 6) is 0.0609. The smallest absolute Gasteiger partial charge is 0.310 e. The van der Waals surface area contributed by atoms with Gasteiger partial charge in [-0.25, -0.2) is 0 Å². The second-order valence-electron chi connectivity index (χ2n) is 8.03. The molecule has 0 aliphatic heterocycles. The minimum absolute atomic E-state index is 0.275. The van der Waals surface area contributed by atoms with E-state index >= 15 is 0 Å². The molecule has 0 fully saturated rings. The van der Waals surface area contributed by atoms with Gasteiger partial charge in [0, 0.05) is 0 Å². The molecule has 0 bridgehead atoms. The van der Waals surface area contributed by atoms with Crippen LogP contribution in [0, 0.1) is 0 Å². The number of aliphatic carboxylic acids is 1. The quantitative estimate of drug-likeness (QED) is 0.310. The fraction of sp³-hybridized carbons (Fsp3) is 0.214. The van der Waals surface area contributed by atoms with Crippen LogP contribution in [-0.4, -0.2) is 30.5 Å². The van der Waals surface area contributed by atoms with Crippen molar-refractivity contribution in [3.05, 3.63) is 83.9 Å². The van der Waals surface area contributed by atoms with E-state index in [0.29, 0.717) is 0 Å². The highest BCUT2D eigenvalue weighted by atomic mass is 35.5. The Bertz CT molecular complexity index is 1230. The van der Waals surface area contributed by atoms with E-state index in [1.807, 2.05) is 72.8 Å². The van der Waals surface area contributed by atoms with Crippen molar-refractivity contribution in [3.8, 4) is 11.5 Å². The van der Waals surface area contributed by atoms with E-state index in [2.05, 4.69) is 0 Å². The van der Waals surface area contributed by atoms with Gasteiger partial charge < -0.3 is 14.6 Å². The zero-order chi connectivity index (χ0) is 24.8. The van der Waals surface area contributed by atoms with E-state index in [4.69, 9.17) is 26.2 Å². The summed E-state index contributed by atoms with van der Waals surface area (Å²) in [6.45, 7) is 3.49. The summed E-state index contributed by atoms with van der Waals surface area (Å²) in [6, 6.07) is 23.2. The maximum Gasteiger partial charge on any atom is 0.310 e. The fourth-order valence-electron chi connectivity index (χ4n) is 3.55. The van der Waals surface area contributed by atoms with E-state index in [-0.39, 0.29) is 11.2 Å². The van der Waals surface area contributed by atoms with Crippen molar-refractivity contribution >= 4 is 44.4 Å². The number of methoxy groups -OCH3 is 2. The maximum absolute atomic E-state index is 11.1. The molecule has 5 nitrogen and oxygen atoms in total. The minimum Gasteiger partial charge on any atom is -0.497 e. The number of hydrogen-bond acceptors (Lipinski definition) is 4. The molecule has 0 aliphatic carbocycles. The van der Waals surface area contributed by atoms with E-state index < -0.39 is 11.9 Å². The van der Waals surface area contributed by atoms with E-state index in [9.17, 15) is 9.59 Å². The molecule has 0 unspecified atom stereocenters. The Hall–Kier alpha value is -3.57. The van der Waals surface area contributed by atoms with Crippen molar-refractivity contribution in [2.24, 2.45) is 0 Å². The first-order valence-corrected chi connectivity index (χ1v) is 11.2. The number of rotatable bonds is 6. The molecule has 4 rings (SSSR count). The van der Waals surface area contributed by atoms with Gasteiger partial charge in [-0.05, 0) is 75.5 Å². The topological polar surface area (TPSA) is 72.8 Å². The minimum atomic E-state index is -0.808. The molecule has 0 aliphatic rings. The SMILES string of the molecule is COc1ccc2cc([C@H](C)C(=O)Cl)ccc2c1.COc1ccc2cc([C@H](C)C(=O)O)ccc2c1. The molecule has 0 aromatic heterocycles. The first-order chi connectivity index (χ1) is 16.2. The summed E-state index contributed by atoms with van der Waals surface area (Å²) in [7, 11) is 3.27. The molecule has 176 valence electrons. The number of carboxylic acids is 1. The third-order valence-corrected chi connectivity index (χ3v) is 6.18. The van der Waals surface area contributed by atoms with Crippen molar-refractivity contribution in [2.75, 3.05) is 14.2 Å². The fourth-order valence-corrected chi connectivity index (χ4v) is 3.68. The van der Waals surface area contributed by atoms with Crippen molar-refractivity contribution in [2.45, 2.75) is 25.7 Å². The molecule has 34 heavy (non-hydrogen) atoms. The molecule has 1 N–H and O–H groups in total. The van der Waals surface area contributed by atoms with Gasteiger partial charge in [0.2, 0.25) is 5.24 Å². The molecular formula is C28H27ClO5. The molecule has 4 aromatic carbocycles. The predicted molar refractivity (Wildman–Crippen MR) is 136 cm³/mol. The van der Waals surface area contributed by atoms with Crippen LogP contribution in [0.1, 0.15) is 36.8 Å². The average molecular weight is 479 g/mol. The van der Waals surface area contributed by atoms with Gasteiger partial charge in [-0.15, -0.1) is 0 Å². The molecule has 6 heteroatoms. The van der Waals surface area contributed by atoms with Crippen molar-refractivity contribution in [3.63, 3.8) is 0 Å². The van der Waals surface area contributed by atoms with Gasteiger partial charge in [0.05, 0.1) is 26.1 Å². The molecule has 0 radical (unpaired) electrons. The Balaban J connectivity index is 0.000000191. The highest BCUT2D eigenvalue weighted by molar-refractivity contribution is 6.64. The van der Waals surface area contributed by atoms with E-state index in [1.165, 1.54) is 0 Å². The lowest BCUT2D eigenvalue weighted by atomic mass is 9.98. The number of hydrogen-bond donors (Lipinski definition) is 1. The Kier molecular flexibility index (Phi) is 8.13. The molecule has 4 aromatic rings. The van der Waals surface area contributed by atoms with Crippen LogP contribution < -0.4 is 9.47 Å². The lowest BCUT2D eigenvalue weighted by Crippen LogP contribution is -2.06. The van der Waals surface area contributed by atoms with Crippen LogP contribution in [0.25, 0.3) is 21.5 Å². The van der Waals surface area contributed by atoms with Crippen molar-refractivity contribution in [1.82, 2.24) is 0 Å². The largest absolute Gasteiger partial charge is 0.497 e. The number of fused-ring (bicyclic) bond motifs is 2. The standard InChI is InChI=1S/C14H13ClO2.C14H14O3/c2*1-9(14(15)16)10-3-4-12-8-13(17-2)6-5-11(12)7-10/h3-9H,1-2H3;3-9H,1-2H3,(H,15,16)/t2*9-/m00/s1. The number of carboxylic acid groups (broad SMARTS) is 1. The van der Waals surface area contributed by atoms with Gasteiger partial charge in [-0.2, -0.15) is 0 Å². The number of ether oxygens (including phenoxy) is 2. The maximum atomic E-state index is 11.1. The van der Waals surface area contributed by atoms with Crippen LogP contribution >= 0.6 is 11.6 Å². The van der Waals surface area contributed by atoms with Gasteiger partial charge in [0.1, 0.15) is 11.5 Å². The molecule has 0 spiro atoms. The van der Waals surface area contributed by atoms with Crippen molar-refractivity contribution < 1.29 is 24.2 Å². The summed E-state index contributed by atoms with van der Waals surface area (Å²) in [6.07, 6.45) is 0. The summed E-state index contributed by atoms with van der Waals surface area (Å²) < 4.78 is 10.3. The normalized spacial score (nSPS) is 12.4. The van der Waals surface area contributed by atoms with Gasteiger partial charge in [0.15, 0.2) is 0 Å². The Morgan fingerprint density at radius 2 is 1.06 bits per heavy atom. The summed E-state index contributed by atoms with van der Waals surface area (Å²) in [5.41, 5.74) is 1.75. The van der Waals surface area contributed by atoms with Crippen LogP contribution in [0.2, 0.25) is 0 Å². The monoisotopic (exact) mass is 478 g/mol. The number of carbonyl (C=O) groups excluding carboxylic acids is 1. The Morgan fingerprint density at radius 3 is 1.44 bits per heavy atom. The predicted octanol–water partition coefficient (Wildman–Crippen LogP) is 6.75. The van der Waals surface area contributed by atoms with Gasteiger partial charge >= 0.3 is 5.97 Å². The Labute approximate surface area is 203 Å². The van der Waals surface area contributed by atoms with E-state index in [0.717, 1.165) is 44.2 Å². The highest BCUT2D eigenvalue weighted by Gasteiger charge is 2.14. The van der Waals surface area contributed by atoms with Crippen molar-refractivity contribution in [1.29, 1.82) is 0 Å². The van der Waals surface area contributed by atoms with Crippen LogP contribution in [0.3, 0.4) is 0 Å².